The van der Waals surface area contributed by atoms with Crippen molar-refractivity contribution in [1.82, 2.24) is 0 Å². The summed E-state index contributed by atoms with van der Waals surface area (Å²) in [5.41, 5.74) is 4.50. The van der Waals surface area contributed by atoms with Crippen molar-refractivity contribution in [3.05, 3.63) is 71.3 Å². The minimum atomic E-state index is -1.50. The van der Waals surface area contributed by atoms with Crippen molar-refractivity contribution in [1.29, 1.82) is 0 Å². The van der Waals surface area contributed by atoms with Gasteiger partial charge in [-0.2, -0.15) is 0 Å². The van der Waals surface area contributed by atoms with Gasteiger partial charge < -0.3 is 9.05 Å². The highest BCUT2D eigenvalue weighted by Gasteiger charge is 2.32. The Balaban J connectivity index is 2.04. The fraction of sp³-hybridized carbons (Fsp3) is 0.417. The maximum Gasteiger partial charge on any atom is 0.463 e. The molecule has 3 rings (SSSR count). The zero-order valence-electron chi connectivity index (χ0n) is 17.8. The summed E-state index contributed by atoms with van der Waals surface area (Å²) in [6, 6.07) is 12.4. The van der Waals surface area contributed by atoms with Gasteiger partial charge in [0, 0.05) is 16.7 Å². The predicted octanol–water partition coefficient (Wildman–Crippen LogP) is 7.23. The van der Waals surface area contributed by atoms with Crippen LogP contribution >= 0.6 is 8.60 Å². The molecule has 0 amide bonds. The molecular formula is C24H31O3P. The zero-order valence-corrected chi connectivity index (χ0v) is 18.7. The van der Waals surface area contributed by atoms with Crippen molar-refractivity contribution in [2.75, 3.05) is 0 Å². The Morgan fingerprint density at radius 1 is 1.04 bits per heavy atom. The van der Waals surface area contributed by atoms with Gasteiger partial charge >= 0.3 is 8.60 Å². The zero-order chi connectivity index (χ0) is 20.5. The van der Waals surface area contributed by atoms with Crippen molar-refractivity contribution < 1.29 is 13.6 Å². The lowest BCUT2D eigenvalue weighted by atomic mass is 9.78. The first kappa shape index (κ1) is 20.9. The molecule has 0 saturated heterocycles. The summed E-state index contributed by atoms with van der Waals surface area (Å²) in [4.78, 5) is 0. The normalized spacial score (nSPS) is 16.9. The van der Waals surface area contributed by atoms with Crippen LogP contribution in [0.5, 0.6) is 11.5 Å². The second-order valence-corrected chi connectivity index (χ2v) is 10.4. The van der Waals surface area contributed by atoms with E-state index in [0.29, 0.717) is 6.61 Å². The van der Waals surface area contributed by atoms with Crippen LogP contribution in [0.4, 0.5) is 0 Å². The molecule has 150 valence electrons. The number of para-hydroxylation sites is 1. The predicted molar refractivity (Wildman–Crippen MR) is 117 cm³/mol. The summed E-state index contributed by atoms with van der Waals surface area (Å²) in [5, 5.41) is 0. The summed E-state index contributed by atoms with van der Waals surface area (Å²) in [5.74, 6) is 1.73. The number of rotatable bonds is 4. The lowest BCUT2D eigenvalue weighted by Gasteiger charge is -2.32. The lowest BCUT2D eigenvalue weighted by Crippen LogP contribution is -2.20. The SMILES string of the molecule is C=CCc1cc(C(C)(C)C)c(OP2OCc3ccccc3O2)c(C(C)(C)C)c1. The van der Waals surface area contributed by atoms with Crippen LogP contribution in [0.2, 0.25) is 0 Å². The summed E-state index contributed by atoms with van der Waals surface area (Å²) in [7, 11) is -1.50. The van der Waals surface area contributed by atoms with Crippen molar-refractivity contribution >= 4 is 8.60 Å². The highest BCUT2D eigenvalue weighted by Crippen LogP contribution is 2.51. The molecule has 2 aromatic rings. The van der Waals surface area contributed by atoms with E-state index in [0.717, 1.165) is 23.5 Å². The molecule has 1 aliphatic rings. The van der Waals surface area contributed by atoms with Gasteiger partial charge in [0.1, 0.15) is 11.5 Å². The first-order valence-electron chi connectivity index (χ1n) is 9.75. The van der Waals surface area contributed by atoms with E-state index in [9.17, 15) is 0 Å². The first-order chi connectivity index (χ1) is 13.1. The summed E-state index contributed by atoms with van der Waals surface area (Å²) in [6.07, 6.45) is 2.78. The first-order valence-corrected chi connectivity index (χ1v) is 10.8. The number of benzene rings is 2. The molecule has 1 unspecified atom stereocenters. The van der Waals surface area contributed by atoms with Gasteiger partial charge in [-0.15, -0.1) is 6.58 Å². The van der Waals surface area contributed by atoms with Gasteiger partial charge in [0.05, 0.1) is 6.61 Å². The maximum atomic E-state index is 6.46. The molecule has 0 fully saturated rings. The van der Waals surface area contributed by atoms with Crippen LogP contribution in [0.3, 0.4) is 0 Å². The van der Waals surface area contributed by atoms with Gasteiger partial charge in [0.2, 0.25) is 0 Å². The quantitative estimate of drug-likeness (QED) is 0.402. The lowest BCUT2D eigenvalue weighted by molar-refractivity contribution is 0.231. The summed E-state index contributed by atoms with van der Waals surface area (Å²) < 4.78 is 18.4. The molecule has 1 atom stereocenters. The molecule has 4 heteroatoms. The third kappa shape index (κ3) is 4.59. The number of hydrogen-bond acceptors (Lipinski definition) is 3. The maximum absolute atomic E-state index is 6.46. The van der Waals surface area contributed by atoms with Crippen LogP contribution in [0.25, 0.3) is 0 Å². The van der Waals surface area contributed by atoms with Gasteiger partial charge in [-0.05, 0) is 28.9 Å². The molecule has 1 aliphatic heterocycles. The molecule has 0 saturated carbocycles. The topological polar surface area (TPSA) is 27.7 Å². The highest BCUT2D eigenvalue weighted by atomic mass is 31.2. The molecule has 1 heterocycles. The van der Waals surface area contributed by atoms with E-state index in [1.807, 2.05) is 30.3 Å². The smallest absolute Gasteiger partial charge is 0.417 e. The third-order valence-corrected chi connectivity index (χ3v) is 5.80. The van der Waals surface area contributed by atoms with Crippen LogP contribution < -0.4 is 9.05 Å². The van der Waals surface area contributed by atoms with Crippen LogP contribution in [0.15, 0.2) is 49.1 Å². The fourth-order valence-electron chi connectivity index (χ4n) is 3.25. The molecular weight excluding hydrogens is 367 g/mol. The average Bonchev–Trinajstić information content (AvgIpc) is 2.61. The average molecular weight is 398 g/mol. The Morgan fingerprint density at radius 3 is 2.21 bits per heavy atom. The molecule has 0 bridgehead atoms. The van der Waals surface area contributed by atoms with Crippen LogP contribution in [0.1, 0.15) is 63.8 Å². The Bertz CT molecular complexity index is 824. The standard InChI is InChI=1S/C24H31O3P/c1-8-11-17-14-19(23(2,3)4)22(20(15-17)24(5,6)7)27-28-25-16-18-12-9-10-13-21(18)26-28/h8-10,12-15H,1,11,16H2,2-7H3. The van der Waals surface area contributed by atoms with Crippen LogP contribution in [-0.2, 0) is 28.4 Å². The molecule has 0 aliphatic carbocycles. The van der Waals surface area contributed by atoms with Crippen molar-refractivity contribution in [2.24, 2.45) is 0 Å². The molecule has 2 aromatic carbocycles. The largest absolute Gasteiger partial charge is 0.463 e. The van der Waals surface area contributed by atoms with Crippen molar-refractivity contribution in [3.8, 4) is 11.5 Å². The van der Waals surface area contributed by atoms with E-state index in [-0.39, 0.29) is 10.8 Å². The molecule has 28 heavy (non-hydrogen) atoms. The van der Waals surface area contributed by atoms with Gasteiger partial charge in [-0.3, -0.25) is 4.52 Å². The molecule has 0 spiro atoms. The minimum Gasteiger partial charge on any atom is -0.417 e. The monoisotopic (exact) mass is 398 g/mol. The molecule has 0 radical (unpaired) electrons. The van der Waals surface area contributed by atoms with Crippen LogP contribution in [0, 0.1) is 0 Å². The van der Waals surface area contributed by atoms with E-state index >= 15 is 0 Å². The second kappa shape index (κ2) is 7.89. The summed E-state index contributed by atoms with van der Waals surface area (Å²) >= 11 is 0. The summed E-state index contributed by atoms with van der Waals surface area (Å²) in [6.45, 7) is 17.7. The molecule has 3 nitrogen and oxygen atoms in total. The molecule has 0 N–H and O–H groups in total. The van der Waals surface area contributed by atoms with E-state index < -0.39 is 8.60 Å². The Hall–Kier alpha value is -1.83. The Morgan fingerprint density at radius 2 is 1.64 bits per heavy atom. The minimum absolute atomic E-state index is 0.0739. The van der Waals surface area contributed by atoms with Crippen LogP contribution in [-0.4, -0.2) is 0 Å². The van der Waals surface area contributed by atoms with E-state index in [1.165, 1.54) is 16.7 Å². The number of hydrogen-bond donors (Lipinski definition) is 0. The van der Waals surface area contributed by atoms with Gasteiger partial charge in [0.25, 0.3) is 0 Å². The number of fused-ring (bicyclic) bond motifs is 1. The molecule has 0 aromatic heterocycles. The Labute approximate surface area is 170 Å². The van der Waals surface area contributed by atoms with E-state index in [1.54, 1.807) is 0 Å². The van der Waals surface area contributed by atoms with Crippen molar-refractivity contribution in [3.63, 3.8) is 0 Å². The highest BCUT2D eigenvalue weighted by molar-refractivity contribution is 7.42. The Kier molecular flexibility index (Phi) is 5.89. The third-order valence-electron chi connectivity index (χ3n) is 4.78. The fourth-order valence-corrected chi connectivity index (χ4v) is 4.32. The van der Waals surface area contributed by atoms with Gasteiger partial charge in [-0.1, -0.05) is 78.0 Å². The van der Waals surface area contributed by atoms with Gasteiger partial charge in [0.15, 0.2) is 0 Å². The van der Waals surface area contributed by atoms with Gasteiger partial charge in [-0.25, -0.2) is 0 Å². The second-order valence-electron chi connectivity index (χ2n) is 9.30. The van der Waals surface area contributed by atoms with E-state index in [2.05, 4.69) is 60.3 Å². The van der Waals surface area contributed by atoms with E-state index in [4.69, 9.17) is 13.6 Å². The number of allylic oxidation sites excluding steroid dienone is 1. The van der Waals surface area contributed by atoms with Crippen molar-refractivity contribution in [2.45, 2.75) is 65.4 Å².